The first kappa shape index (κ1) is 27.8. The van der Waals surface area contributed by atoms with E-state index in [1.165, 1.54) is 40.6 Å². The number of thiophene rings is 2. The zero-order valence-corrected chi connectivity index (χ0v) is 24.5. The number of rotatable bonds is 10. The highest BCUT2D eigenvalue weighted by molar-refractivity contribution is 7.99. The van der Waals surface area contributed by atoms with Gasteiger partial charge in [0.2, 0.25) is 5.91 Å². The minimum atomic E-state index is -0.444. The van der Waals surface area contributed by atoms with E-state index >= 15 is 0 Å². The van der Waals surface area contributed by atoms with Gasteiger partial charge in [0.25, 0.3) is 0 Å². The lowest BCUT2D eigenvalue weighted by molar-refractivity contribution is -0.113. The Hall–Kier alpha value is -3.21. The van der Waals surface area contributed by atoms with E-state index in [-0.39, 0.29) is 11.7 Å². The van der Waals surface area contributed by atoms with Crippen molar-refractivity contribution in [2.75, 3.05) is 18.2 Å². The molecule has 0 aliphatic rings. The van der Waals surface area contributed by atoms with Crippen LogP contribution in [0.1, 0.15) is 38.2 Å². The number of hydrogen-bond acceptors (Lipinski definition) is 8. The third-order valence-electron chi connectivity index (χ3n) is 6.12. The van der Waals surface area contributed by atoms with Crippen LogP contribution >= 0.6 is 34.4 Å². The number of ether oxygens (including phenoxy) is 1. The van der Waals surface area contributed by atoms with Crippen molar-refractivity contribution in [2.24, 2.45) is 0 Å². The highest BCUT2D eigenvalue weighted by atomic mass is 32.2. The summed E-state index contributed by atoms with van der Waals surface area (Å²) in [6.07, 6.45) is 2.47. The second-order valence-electron chi connectivity index (χ2n) is 8.67. The molecule has 4 rings (SSSR count). The average Bonchev–Trinajstić information content (AvgIpc) is 3.57. The third-order valence-corrected chi connectivity index (χ3v) is 9.06. The third kappa shape index (κ3) is 5.62. The molecule has 1 N–H and O–H groups in total. The Labute approximate surface area is 235 Å². The Morgan fingerprint density at radius 1 is 1.16 bits per heavy atom. The number of esters is 1. The Balaban J connectivity index is 1.58. The van der Waals surface area contributed by atoms with Gasteiger partial charge < -0.3 is 10.1 Å². The van der Waals surface area contributed by atoms with Gasteiger partial charge in [0.15, 0.2) is 11.0 Å². The maximum absolute atomic E-state index is 12.9. The molecule has 0 aliphatic heterocycles. The minimum absolute atomic E-state index is 0.113. The van der Waals surface area contributed by atoms with Crippen LogP contribution in [0, 0.1) is 20.8 Å². The molecule has 7 nitrogen and oxygen atoms in total. The number of nitrogens with zero attached hydrogens (tertiary/aromatic N) is 3. The summed E-state index contributed by atoms with van der Waals surface area (Å²) in [5.74, 6) is 0.175. The number of methoxy groups -OCH3 is 1. The topological polar surface area (TPSA) is 86.1 Å². The number of aryl methyl sites for hydroxylation is 3. The summed E-state index contributed by atoms with van der Waals surface area (Å²) in [5.41, 5.74) is 5.81. The number of allylic oxidation sites excluding steroid dienone is 1. The van der Waals surface area contributed by atoms with Crippen LogP contribution in [0.15, 0.2) is 47.5 Å². The first-order valence-corrected chi connectivity index (χ1v) is 14.8. The molecule has 0 radical (unpaired) electrons. The predicted molar refractivity (Wildman–Crippen MR) is 158 cm³/mol. The van der Waals surface area contributed by atoms with Gasteiger partial charge in [0.1, 0.15) is 5.00 Å². The zero-order chi connectivity index (χ0) is 27.4. The number of thioether (sulfide) groups is 1. The predicted octanol–water partition coefficient (Wildman–Crippen LogP) is 6.93. The van der Waals surface area contributed by atoms with E-state index in [2.05, 4.69) is 65.6 Å². The lowest BCUT2D eigenvalue weighted by Crippen LogP contribution is -2.16. The quantitative estimate of drug-likeness (QED) is 0.127. The van der Waals surface area contributed by atoms with Crippen molar-refractivity contribution in [3.8, 4) is 22.5 Å². The van der Waals surface area contributed by atoms with Gasteiger partial charge in [0, 0.05) is 32.8 Å². The standard InChI is InChI=1S/C28H30N4O3S3/c1-7-13-32-25(21-14-36-18(5)23(21)19-11-9-16(3)10-12-19)30-31-28(32)37-15-22(33)29-26-24(27(34)35-6)20(8-2)17(4)38-26/h7,9-12,14H,1,8,13,15H2,2-6H3,(H,29,33). The van der Waals surface area contributed by atoms with Crippen molar-refractivity contribution in [3.05, 3.63) is 68.7 Å². The molecule has 198 valence electrons. The van der Waals surface area contributed by atoms with Crippen molar-refractivity contribution in [1.29, 1.82) is 0 Å². The van der Waals surface area contributed by atoms with Gasteiger partial charge in [-0.3, -0.25) is 9.36 Å². The van der Waals surface area contributed by atoms with Crippen molar-refractivity contribution in [2.45, 2.75) is 45.8 Å². The van der Waals surface area contributed by atoms with Crippen molar-refractivity contribution < 1.29 is 14.3 Å². The highest BCUT2D eigenvalue weighted by Crippen LogP contribution is 2.39. The van der Waals surface area contributed by atoms with Crippen LogP contribution in [0.25, 0.3) is 22.5 Å². The van der Waals surface area contributed by atoms with Crippen molar-refractivity contribution in [1.82, 2.24) is 14.8 Å². The summed E-state index contributed by atoms with van der Waals surface area (Å²) in [6.45, 7) is 12.5. The molecule has 0 unspecified atom stereocenters. The fourth-order valence-corrected chi connectivity index (χ4v) is 7.05. The largest absolute Gasteiger partial charge is 0.465 e. The normalized spacial score (nSPS) is 11.0. The minimum Gasteiger partial charge on any atom is -0.465 e. The van der Waals surface area contributed by atoms with Crippen LogP contribution in [-0.2, 0) is 22.5 Å². The summed E-state index contributed by atoms with van der Waals surface area (Å²) >= 11 is 4.36. The van der Waals surface area contributed by atoms with Crippen LogP contribution in [-0.4, -0.2) is 39.5 Å². The van der Waals surface area contributed by atoms with Crippen LogP contribution in [0.3, 0.4) is 0 Å². The molecule has 1 amide bonds. The summed E-state index contributed by atoms with van der Waals surface area (Å²) in [4.78, 5) is 27.5. The molecule has 0 spiro atoms. The van der Waals surface area contributed by atoms with E-state index in [9.17, 15) is 9.59 Å². The summed E-state index contributed by atoms with van der Waals surface area (Å²) in [6, 6.07) is 8.46. The number of carbonyl (C=O) groups is 2. The molecule has 4 aromatic rings. The van der Waals surface area contributed by atoms with E-state index in [0.29, 0.717) is 28.7 Å². The maximum Gasteiger partial charge on any atom is 0.341 e. The van der Waals surface area contributed by atoms with Crippen molar-refractivity contribution >= 4 is 51.3 Å². The second-order valence-corrected chi connectivity index (χ2v) is 11.9. The Morgan fingerprint density at radius 3 is 2.55 bits per heavy atom. The molecule has 0 saturated heterocycles. The number of aromatic nitrogens is 3. The molecule has 10 heteroatoms. The van der Waals surface area contributed by atoms with Crippen LogP contribution in [0.2, 0.25) is 0 Å². The molecule has 3 heterocycles. The van der Waals surface area contributed by atoms with Gasteiger partial charge in [-0.1, -0.05) is 54.6 Å². The van der Waals surface area contributed by atoms with Gasteiger partial charge in [-0.05, 0) is 38.3 Å². The van der Waals surface area contributed by atoms with E-state index < -0.39 is 5.97 Å². The maximum atomic E-state index is 12.9. The van der Waals surface area contributed by atoms with Crippen LogP contribution in [0.4, 0.5) is 5.00 Å². The Bertz CT molecular complexity index is 1480. The number of anilines is 1. The smallest absolute Gasteiger partial charge is 0.341 e. The first-order chi connectivity index (χ1) is 18.3. The SMILES string of the molecule is C=CCn1c(SCC(=O)Nc2sc(C)c(CC)c2C(=O)OC)nnc1-c1csc(C)c1-c1ccc(C)cc1. The molecular formula is C28H30N4O3S3. The molecule has 0 atom stereocenters. The average molecular weight is 567 g/mol. The van der Waals surface area contributed by atoms with E-state index in [1.54, 1.807) is 17.4 Å². The summed E-state index contributed by atoms with van der Waals surface area (Å²) in [5, 5.41) is 15.1. The molecule has 0 fully saturated rings. The Morgan fingerprint density at radius 2 is 1.89 bits per heavy atom. The number of hydrogen-bond donors (Lipinski definition) is 1. The molecule has 1 aromatic carbocycles. The highest BCUT2D eigenvalue weighted by Gasteiger charge is 2.24. The molecule has 3 aromatic heterocycles. The van der Waals surface area contributed by atoms with E-state index in [4.69, 9.17) is 4.74 Å². The number of carbonyl (C=O) groups excluding carboxylic acids is 2. The molecule has 0 bridgehead atoms. The zero-order valence-electron chi connectivity index (χ0n) is 22.1. The number of amides is 1. The first-order valence-electron chi connectivity index (χ1n) is 12.1. The number of benzene rings is 1. The monoisotopic (exact) mass is 566 g/mol. The Kier molecular flexibility index (Phi) is 8.86. The van der Waals surface area contributed by atoms with Crippen LogP contribution < -0.4 is 5.32 Å². The molecule has 38 heavy (non-hydrogen) atoms. The fraction of sp³-hybridized carbons (Fsp3) is 0.286. The van der Waals surface area contributed by atoms with E-state index in [0.717, 1.165) is 33.0 Å². The van der Waals surface area contributed by atoms with Gasteiger partial charge in [0.05, 0.1) is 18.4 Å². The fourth-order valence-electron chi connectivity index (χ4n) is 4.29. The van der Waals surface area contributed by atoms with Crippen molar-refractivity contribution in [3.63, 3.8) is 0 Å². The molecule has 0 saturated carbocycles. The van der Waals surface area contributed by atoms with Gasteiger partial charge in [-0.25, -0.2) is 4.79 Å². The molecule has 0 aliphatic carbocycles. The second kappa shape index (κ2) is 12.1. The van der Waals surface area contributed by atoms with E-state index in [1.807, 2.05) is 18.4 Å². The van der Waals surface area contributed by atoms with Gasteiger partial charge in [-0.15, -0.1) is 39.4 Å². The van der Waals surface area contributed by atoms with Gasteiger partial charge in [-0.2, -0.15) is 0 Å². The van der Waals surface area contributed by atoms with Crippen LogP contribution in [0.5, 0.6) is 0 Å². The lowest BCUT2D eigenvalue weighted by atomic mass is 10.0. The molecular weight excluding hydrogens is 537 g/mol. The van der Waals surface area contributed by atoms with Gasteiger partial charge >= 0.3 is 5.97 Å². The lowest BCUT2D eigenvalue weighted by Gasteiger charge is -2.10. The number of nitrogens with one attached hydrogen (secondary N) is 1. The summed E-state index contributed by atoms with van der Waals surface area (Å²) < 4.78 is 6.94. The summed E-state index contributed by atoms with van der Waals surface area (Å²) in [7, 11) is 1.35.